The van der Waals surface area contributed by atoms with Gasteiger partial charge in [0.25, 0.3) is 0 Å². The van der Waals surface area contributed by atoms with Gasteiger partial charge in [-0.05, 0) is 23.1 Å². The van der Waals surface area contributed by atoms with Gasteiger partial charge >= 0.3 is 0 Å². The molecule has 0 saturated carbocycles. The average molecular weight is 334 g/mol. The Labute approximate surface area is 130 Å². The van der Waals surface area contributed by atoms with Crippen LogP contribution in [0.2, 0.25) is 0 Å². The number of hydrogen-bond acceptors (Lipinski definition) is 1. The molecule has 2 rings (SSSR count). The molecule has 0 heterocycles. The monoisotopic (exact) mass is 333 g/mol. The third-order valence-corrected chi connectivity index (χ3v) is 2.99. The second-order valence-electron chi connectivity index (χ2n) is 4.44. The van der Waals surface area contributed by atoms with Crippen LogP contribution < -0.4 is 11.1 Å². The molecule has 0 aromatic heterocycles. The molecule has 0 unspecified atom stereocenters. The molecule has 0 atom stereocenters. The van der Waals surface area contributed by atoms with Crippen LogP contribution in [0.4, 0.5) is 0 Å². The summed E-state index contributed by atoms with van der Waals surface area (Å²) in [6.07, 6.45) is 0.965. The molecule has 0 fully saturated rings. The molecule has 2 aromatic carbocycles. The lowest BCUT2D eigenvalue weighted by Gasteiger charge is -2.06. The van der Waals surface area contributed by atoms with Gasteiger partial charge in [-0.15, -0.1) is 17.0 Å². The fourth-order valence-electron chi connectivity index (χ4n) is 1.88. The van der Waals surface area contributed by atoms with Crippen LogP contribution in [0, 0.1) is 0 Å². The van der Waals surface area contributed by atoms with E-state index >= 15 is 0 Å². The number of guanidine groups is 1. The summed E-state index contributed by atoms with van der Waals surface area (Å²) in [7, 11) is 1.67. The number of nitrogens with zero attached hydrogens (tertiary/aromatic N) is 1. The molecule has 3 N–H and O–H groups in total. The Bertz CT molecular complexity index is 535. The summed E-state index contributed by atoms with van der Waals surface area (Å²) < 4.78 is 0. The molecule has 0 aliphatic rings. The first kappa shape index (κ1) is 16.2. The topological polar surface area (TPSA) is 50.4 Å². The van der Waals surface area contributed by atoms with Crippen LogP contribution in [0.5, 0.6) is 0 Å². The Morgan fingerprint density at radius 3 is 2.10 bits per heavy atom. The van der Waals surface area contributed by atoms with Gasteiger partial charge in [-0.3, -0.25) is 4.99 Å². The van der Waals surface area contributed by atoms with Gasteiger partial charge in [-0.2, -0.15) is 0 Å². The Morgan fingerprint density at radius 1 is 0.950 bits per heavy atom. The maximum absolute atomic E-state index is 5.59. The van der Waals surface area contributed by atoms with Crippen molar-refractivity contribution < 1.29 is 0 Å². The van der Waals surface area contributed by atoms with Crippen LogP contribution >= 0.6 is 17.0 Å². The Balaban J connectivity index is 0.00000200. The van der Waals surface area contributed by atoms with E-state index in [9.17, 15) is 0 Å². The number of hydrogen-bond donors (Lipinski definition) is 2. The first-order valence-electron chi connectivity index (χ1n) is 6.36. The van der Waals surface area contributed by atoms with E-state index in [0.29, 0.717) is 12.5 Å². The Kier molecular flexibility index (Phi) is 6.81. The van der Waals surface area contributed by atoms with Crippen molar-refractivity contribution in [2.45, 2.75) is 13.0 Å². The molecule has 0 aliphatic heterocycles. The number of halogens is 1. The molecule has 0 aliphatic carbocycles. The molecular formula is C16H20BrN3. The lowest BCUT2D eigenvalue weighted by molar-refractivity contribution is 0.899. The SMILES string of the molecule is Br.CN=C(N)NCc1ccc(Cc2ccccc2)cc1. The van der Waals surface area contributed by atoms with Crippen molar-refractivity contribution in [3.05, 3.63) is 71.3 Å². The maximum Gasteiger partial charge on any atom is 0.188 e. The highest BCUT2D eigenvalue weighted by molar-refractivity contribution is 8.93. The van der Waals surface area contributed by atoms with Crippen LogP contribution in [-0.2, 0) is 13.0 Å². The third kappa shape index (κ3) is 5.05. The minimum atomic E-state index is 0. The van der Waals surface area contributed by atoms with E-state index in [2.05, 4.69) is 58.8 Å². The molecule has 2 aromatic rings. The second-order valence-corrected chi connectivity index (χ2v) is 4.44. The number of aliphatic imine (C=N–C) groups is 1. The third-order valence-electron chi connectivity index (χ3n) is 2.99. The Hall–Kier alpha value is -1.81. The fraction of sp³-hybridized carbons (Fsp3) is 0.188. The maximum atomic E-state index is 5.59. The van der Waals surface area contributed by atoms with Gasteiger partial charge in [0.1, 0.15) is 0 Å². The highest BCUT2D eigenvalue weighted by Crippen LogP contribution is 2.10. The van der Waals surface area contributed by atoms with Crippen molar-refractivity contribution in [3.8, 4) is 0 Å². The van der Waals surface area contributed by atoms with E-state index in [1.165, 1.54) is 16.7 Å². The van der Waals surface area contributed by atoms with Crippen molar-refractivity contribution in [1.29, 1.82) is 0 Å². The largest absolute Gasteiger partial charge is 0.370 e. The van der Waals surface area contributed by atoms with Crippen molar-refractivity contribution in [2.75, 3.05) is 7.05 Å². The summed E-state index contributed by atoms with van der Waals surface area (Å²) >= 11 is 0. The smallest absolute Gasteiger partial charge is 0.188 e. The lowest BCUT2D eigenvalue weighted by Crippen LogP contribution is -2.30. The van der Waals surface area contributed by atoms with Gasteiger partial charge in [-0.25, -0.2) is 0 Å². The standard InChI is InChI=1S/C16H19N3.BrH/c1-18-16(17)19-12-15-9-7-14(8-10-15)11-13-5-3-2-4-6-13;/h2-10H,11-12H2,1H3,(H3,17,18,19);1H. The predicted molar refractivity (Wildman–Crippen MR) is 90.4 cm³/mol. The Morgan fingerprint density at radius 2 is 1.50 bits per heavy atom. The van der Waals surface area contributed by atoms with Crippen molar-refractivity contribution >= 4 is 22.9 Å². The molecule has 0 radical (unpaired) electrons. The number of nitrogens with two attached hydrogens (primary N) is 1. The van der Waals surface area contributed by atoms with Gasteiger partial charge in [0.2, 0.25) is 0 Å². The highest BCUT2D eigenvalue weighted by atomic mass is 79.9. The number of nitrogens with one attached hydrogen (secondary N) is 1. The molecule has 106 valence electrons. The predicted octanol–water partition coefficient (Wildman–Crippen LogP) is 2.89. The average Bonchev–Trinajstić information content (AvgIpc) is 2.47. The van der Waals surface area contributed by atoms with E-state index in [1.54, 1.807) is 7.05 Å². The summed E-state index contributed by atoms with van der Waals surface area (Å²) in [5.41, 5.74) is 9.43. The van der Waals surface area contributed by atoms with Gasteiger partial charge in [0.15, 0.2) is 5.96 Å². The zero-order valence-corrected chi connectivity index (χ0v) is 13.3. The summed E-state index contributed by atoms with van der Waals surface area (Å²) in [5.74, 6) is 0.466. The first-order chi connectivity index (χ1) is 9.28. The minimum Gasteiger partial charge on any atom is -0.370 e. The quantitative estimate of drug-likeness (QED) is 0.667. The molecule has 20 heavy (non-hydrogen) atoms. The van der Waals surface area contributed by atoms with Crippen molar-refractivity contribution in [3.63, 3.8) is 0 Å². The minimum absolute atomic E-state index is 0. The molecule has 0 saturated heterocycles. The fourth-order valence-corrected chi connectivity index (χ4v) is 1.88. The van der Waals surface area contributed by atoms with Gasteiger partial charge in [-0.1, -0.05) is 54.6 Å². The van der Waals surface area contributed by atoms with Gasteiger partial charge < -0.3 is 11.1 Å². The summed E-state index contributed by atoms with van der Waals surface area (Å²) in [5, 5.41) is 3.05. The van der Waals surface area contributed by atoms with Gasteiger partial charge in [0, 0.05) is 13.6 Å². The zero-order chi connectivity index (χ0) is 13.5. The molecule has 3 nitrogen and oxygen atoms in total. The summed E-state index contributed by atoms with van der Waals surface area (Å²) in [4.78, 5) is 3.86. The van der Waals surface area contributed by atoms with Crippen LogP contribution in [0.15, 0.2) is 59.6 Å². The number of benzene rings is 2. The first-order valence-corrected chi connectivity index (χ1v) is 6.36. The lowest BCUT2D eigenvalue weighted by atomic mass is 10.0. The van der Waals surface area contributed by atoms with Crippen LogP contribution in [0.25, 0.3) is 0 Å². The second kappa shape index (κ2) is 8.38. The molecule has 0 bridgehead atoms. The summed E-state index contributed by atoms with van der Waals surface area (Å²) in [6, 6.07) is 19.0. The molecule has 4 heteroatoms. The van der Waals surface area contributed by atoms with Crippen molar-refractivity contribution in [2.24, 2.45) is 10.7 Å². The van der Waals surface area contributed by atoms with Crippen LogP contribution in [0.3, 0.4) is 0 Å². The highest BCUT2D eigenvalue weighted by Gasteiger charge is 1.97. The van der Waals surface area contributed by atoms with E-state index in [-0.39, 0.29) is 17.0 Å². The molecule has 0 amide bonds. The van der Waals surface area contributed by atoms with E-state index in [4.69, 9.17) is 5.73 Å². The van der Waals surface area contributed by atoms with Crippen molar-refractivity contribution in [1.82, 2.24) is 5.32 Å². The summed E-state index contributed by atoms with van der Waals surface area (Å²) in [6.45, 7) is 0.703. The number of rotatable bonds is 4. The normalized spacial score (nSPS) is 10.8. The van der Waals surface area contributed by atoms with E-state index < -0.39 is 0 Å². The molecule has 0 spiro atoms. The van der Waals surface area contributed by atoms with Crippen LogP contribution in [-0.4, -0.2) is 13.0 Å². The van der Waals surface area contributed by atoms with E-state index in [0.717, 1.165) is 6.42 Å². The van der Waals surface area contributed by atoms with Gasteiger partial charge in [0.05, 0.1) is 0 Å². The molecular weight excluding hydrogens is 314 g/mol. The van der Waals surface area contributed by atoms with Crippen LogP contribution in [0.1, 0.15) is 16.7 Å². The van der Waals surface area contributed by atoms with E-state index in [1.807, 2.05) is 6.07 Å². The zero-order valence-electron chi connectivity index (χ0n) is 11.5.